The number of nitriles is 2. The van der Waals surface area contributed by atoms with E-state index in [1.165, 1.54) is 18.3 Å². The minimum atomic E-state index is -1.60. The van der Waals surface area contributed by atoms with Crippen molar-refractivity contribution in [3.8, 4) is 12.1 Å². The first kappa shape index (κ1) is 11.4. The van der Waals surface area contributed by atoms with E-state index in [1.807, 2.05) is 6.07 Å². The maximum atomic E-state index is 9.48. The maximum Gasteiger partial charge on any atom is 0.170 e. The number of aliphatic hydroxyl groups excluding tert-OH is 2. The van der Waals surface area contributed by atoms with Gasteiger partial charge in [0.25, 0.3) is 0 Å². The smallest absolute Gasteiger partial charge is 0.170 e. The van der Waals surface area contributed by atoms with Gasteiger partial charge in [0.1, 0.15) is 17.3 Å². The minimum absolute atomic E-state index is 0.0456. The summed E-state index contributed by atoms with van der Waals surface area (Å²) in [5.74, 6) is 0. The van der Waals surface area contributed by atoms with Crippen LogP contribution in [-0.4, -0.2) is 21.3 Å². The van der Waals surface area contributed by atoms with Crippen molar-refractivity contribution in [3.05, 3.63) is 28.5 Å². The number of nitrogens with zero attached hydrogens (tertiary/aromatic N) is 3. The molecule has 0 fully saturated rings. The molecule has 0 amide bonds. The average molecular weight is 224 g/mol. The van der Waals surface area contributed by atoms with Crippen molar-refractivity contribution in [2.45, 2.75) is 12.2 Å². The molecule has 1 aromatic rings. The molecule has 0 bridgehead atoms. The van der Waals surface area contributed by atoms with Crippen LogP contribution in [0.4, 0.5) is 0 Å². The van der Waals surface area contributed by atoms with Crippen molar-refractivity contribution >= 4 is 11.6 Å². The second-order valence-electron chi connectivity index (χ2n) is 2.73. The van der Waals surface area contributed by atoms with E-state index in [9.17, 15) is 5.11 Å². The summed E-state index contributed by atoms with van der Waals surface area (Å²) in [5, 5.41) is 35.5. The number of rotatable bonds is 2. The molecule has 76 valence electrons. The minimum Gasteiger partial charge on any atom is -0.384 e. The molecular formula is C9H6ClN3O2. The van der Waals surface area contributed by atoms with Crippen molar-refractivity contribution < 1.29 is 10.2 Å². The van der Waals surface area contributed by atoms with Gasteiger partial charge in [0.2, 0.25) is 0 Å². The van der Waals surface area contributed by atoms with Gasteiger partial charge in [-0.15, -0.1) is 0 Å². The second kappa shape index (κ2) is 4.72. The molecule has 15 heavy (non-hydrogen) atoms. The Bertz CT molecular complexity index is 450. The molecule has 2 unspecified atom stereocenters. The number of aliphatic hydroxyl groups is 2. The van der Waals surface area contributed by atoms with Gasteiger partial charge in [-0.05, 0) is 6.07 Å². The lowest BCUT2D eigenvalue weighted by Crippen LogP contribution is -2.16. The van der Waals surface area contributed by atoms with Gasteiger partial charge in [-0.2, -0.15) is 10.5 Å². The van der Waals surface area contributed by atoms with Gasteiger partial charge in [0, 0.05) is 11.8 Å². The van der Waals surface area contributed by atoms with E-state index in [1.54, 1.807) is 0 Å². The summed E-state index contributed by atoms with van der Waals surface area (Å²) in [4.78, 5) is 3.65. The predicted octanol–water partition coefficient (Wildman–Crippen LogP) is 0.525. The quantitative estimate of drug-likeness (QED) is 0.562. The molecule has 0 aromatic carbocycles. The molecule has 0 aliphatic heterocycles. The van der Waals surface area contributed by atoms with Crippen LogP contribution in [0.15, 0.2) is 12.3 Å². The highest BCUT2D eigenvalue weighted by Crippen LogP contribution is 2.24. The van der Waals surface area contributed by atoms with Crippen LogP contribution in [0.3, 0.4) is 0 Å². The van der Waals surface area contributed by atoms with Crippen LogP contribution in [0.5, 0.6) is 0 Å². The Morgan fingerprint density at radius 3 is 2.60 bits per heavy atom. The zero-order valence-corrected chi connectivity index (χ0v) is 8.18. The zero-order chi connectivity index (χ0) is 11.4. The predicted molar refractivity (Wildman–Crippen MR) is 50.5 cm³/mol. The number of pyridine rings is 1. The Hall–Kier alpha value is -1.66. The molecule has 1 heterocycles. The summed E-state index contributed by atoms with van der Waals surface area (Å²) >= 11 is 5.65. The number of aromatic nitrogens is 1. The lowest BCUT2D eigenvalue weighted by atomic mass is 10.1. The average Bonchev–Trinajstić information content (AvgIpc) is 2.27. The normalized spacial score (nSPS) is 13.7. The fourth-order valence-electron chi connectivity index (χ4n) is 0.974. The Labute approximate surface area is 90.8 Å². The fraction of sp³-hybridized carbons (Fsp3) is 0.222. The summed E-state index contributed by atoms with van der Waals surface area (Å²) in [5.41, 5.74) is 0.253. The third-order valence-corrected chi connectivity index (χ3v) is 2.06. The lowest BCUT2D eigenvalue weighted by molar-refractivity contribution is 0.0526. The highest BCUT2D eigenvalue weighted by Gasteiger charge is 2.21. The third-order valence-electron chi connectivity index (χ3n) is 1.75. The molecule has 0 saturated carbocycles. The van der Waals surface area contributed by atoms with Crippen molar-refractivity contribution in [2.24, 2.45) is 0 Å². The molecule has 2 N–H and O–H groups in total. The van der Waals surface area contributed by atoms with Crippen LogP contribution in [0, 0.1) is 22.7 Å². The summed E-state index contributed by atoms with van der Waals surface area (Å²) in [6.45, 7) is 0. The van der Waals surface area contributed by atoms with E-state index in [2.05, 4.69) is 4.98 Å². The van der Waals surface area contributed by atoms with E-state index >= 15 is 0 Å². The van der Waals surface area contributed by atoms with Crippen LogP contribution < -0.4 is 0 Å². The van der Waals surface area contributed by atoms with Gasteiger partial charge in [0.05, 0.1) is 11.6 Å². The Balaban J connectivity index is 3.14. The largest absolute Gasteiger partial charge is 0.384 e. The third kappa shape index (κ3) is 2.42. The summed E-state index contributed by atoms with van der Waals surface area (Å²) in [6, 6.07) is 4.55. The van der Waals surface area contributed by atoms with Gasteiger partial charge >= 0.3 is 0 Å². The van der Waals surface area contributed by atoms with Crippen molar-refractivity contribution in [3.63, 3.8) is 0 Å². The topological polar surface area (TPSA) is 101 Å². The van der Waals surface area contributed by atoms with Gasteiger partial charge in [-0.3, -0.25) is 0 Å². The van der Waals surface area contributed by atoms with E-state index in [0.717, 1.165) is 0 Å². The fourth-order valence-corrected chi connectivity index (χ4v) is 1.19. The molecule has 2 atom stereocenters. The lowest BCUT2D eigenvalue weighted by Gasteiger charge is -2.12. The Morgan fingerprint density at radius 1 is 1.40 bits per heavy atom. The van der Waals surface area contributed by atoms with Crippen LogP contribution in [-0.2, 0) is 0 Å². The molecule has 0 saturated heterocycles. The number of halogens is 1. The van der Waals surface area contributed by atoms with E-state index < -0.39 is 12.2 Å². The summed E-state index contributed by atoms with van der Waals surface area (Å²) in [7, 11) is 0. The van der Waals surface area contributed by atoms with Crippen LogP contribution in [0.2, 0.25) is 5.15 Å². The first-order chi connectivity index (χ1) is 7.10. The van der Waals surface area contributed by atoms with Gasteiger partial charge in [0.15, 0.2) is 6.10 Å². The monoisotopic (exact) mass is 223 g/mol. The van der Waals surface area contributed by atoms with Crippen LogP contribution in [0.1, 0.15) is 17.2 Å². The highest BCUT2D eigenvalue weighted by molar-refractivity contribution is 6.30. The molecule has 0 aliphatic rings. The van der Waals surface area contributed by atoms with Gasteiger partial charge in [-0.25, -0.2) is 4.98 Å². The van der Waals surface area contributed by atoms with E-state index in [0.29, 0.717) is 0 Å². The molecular weight excluding hydrogens is 218 g/mol. The van der Waals surface area contributed by atoms with Crippen molar-refractivity contribution in [2.75, 3.05) is 0 Å². The summed E-state index contributed by atoms with van der Waals surface area (Å²) < 4.78 is 0. The first-order valence-electron chi connectivity index (χ1n) is 3.91. The molecule has 1 aromatic heterocycles. The first-order valence-corrected chi connectivity index (χ1v) is 4.29. The van der Waals surface area contributed by atoms with Crippen LogP contribution >= 0.6 is 11.6 Å². The summed E-state index contributed by atoms with van der Waals surface area (Å²) in [6.07, 6.45) is -1.83. The molecule has 5 nitrogen and oxygen atoms in total. The Morgan fingerprint density at radius 2 is 2.07 bits per heavy atom. The molecule has 0 radical (unpaired) electrons. The zero-order valence-electron chi connectivity index (χ0n) is 7.42. The highest BCUT2D eigenvalue weighted by atomic mass is 35.5. The molecule has 6 heteroatoms. The van der Waals surface area contributed by atoms with Gasteiger partial charge in [-0.1, -0.05) is 11.6 Å². The molecule has 0 aliphatic carbocycles. The van der Waals surface area contributed by atoms with Crippen molar-refractivity contribution in [1.29, 1.82) is 10.5 Å². The SMILES string of the molecule is N#Cc1cnc(Cl)c(C(O)C(O)C#N)c1. The van der Waals surface area contributed by atoms with Gasteiger partial charge < -0.3 is 10.2 Å². The Kier molecular flexibility index (Phi) is 3.59. The van der Waals surface area contributed by atoms with E-state index in [-0.39, 0.29) is 16.3 Å². The standard InChI is InChI=1S/C9H6ClN3O2/c10-9-6(8(15)7(14)3-12)1-5(2-11)4-13-9/h1,4,7-8,14-15H. The van der Waals surface area contributed by atoms with Crippen LogP contribution in [0.25, 0.3) is 0 Å². The van der Waals surface area contributed by atoms with E-state index in [4.69, 9.17) is 27.2 Å². The van der Waals surface area contributed by atoms with Crippen molar-refractivity contribution in [1.82, 2.24) is 4.98 Å². The maximum absolute atomic E-state index is 9.48. The second-order valence-corrected chi connectivity index (χ2v) is 3.09. The molecule has 1 rings (SSSR count). The molecule has 0 spiro atoms. The number of hydrogen-bond acceptors (Lipinski definition) is 5. The number of hydrogen-bond donors (Lipinski definition) is 2.